The molecule has 0 unspecified atom stereocenters. The SMILES string of the molecule is CC[C@@H]([C@H](NC(=O)c1ccccc1)C(=O)OC)N(O)C(=O)OC(C)(C)C. The zero-order chi connectivity index (χ0) is 19.9. The molecule has 1 aromatic carbocycles. The Morgan fingerprint density at radius 2 is 1.77 bits per heavy atom. The van der Waals surface area contributed by atoms with Gasteiger partial charge in [0, 0.05) is 5.56 Å². The van der Waals surface area contributed by atoms with Crippen LogP contribution in [0.15, 0.2) is 30.3 Å². The maximum absolute atomic E-state index is 12.4. The smallest absolute Gasteiger partial charge is 0.434 e. The molecule has 2 atom stereocenters. The molecular weight excluding hydrogens is 340 g/mol. The summed E-state index contributed by atoms with van der Waals surface area (Å²) in [5.41, 5.74) is -0.497. The first-order chi connectivity index (χ1) is 12.1. The lowest BCUT2D eigenvalue weighted by Crippen LogP contribution is -2.57. The van der Waals surface area contributed by atoms with Gasteiger partial charge in [0.1, 0.15) is 5.60 Å². The van der Waals surface area contributed by atoms with Crippen molar-refractivity contribution in [3.05, 3.63) is 35.9 Å². The van der Waals surface area contributed by atoms with Crippen LogP contribution in [0, 0.1) is 0 Å². The summed E-state index contributed by atoms with van der Waals surface area (Å²) in [6, 6.07) is 5.93. The van der Waals surface area contributed by atoms with Crippen molar-refractivity contribution >= 4 is 18.0 Å². The quantitative estimate of drug-likeness (QED) is 0.455. The van der Waals surface area contributed by atoms with Gasteiger partial charge in [0.05, 0.1) is 13.2 Å². The summed E-state index contributed by atoms with van der Waals surface area (Å²) in [6.45, 7) is 6.60. The van der Waals surface area contributed by atoms with Gasteiger partial charge in [-0.2, -0.15) is 5.06 Å². The van der Waals surface area contributed by atoms with Crippen LogP contribution in [-0.4, -0.2) is 53.0 Å². The van der Waals surface area contributed by atoms with Crippen LogP contribution in [0.1, 0.15) is 44.5 Å². The van der Waals surface area contributed by atoms with Gasteiger partial charge in [0.2, 0.25) is 0 Å². The summed E-state index contributed by atoms with van der Waals surface area (Å²) >= 11 is 0. The lowest BCUT2D eigenvalue weighted by Gasteiger charge is -2.32. The molecule has 0 radical (unpaired) electrons. The molecule has 2 N–H and O–H groups in total. The molecule has 1 rings (SSSR count). The van der Waals surface area contributed by atoms with E-state index in [0.29, 0.717) is 10.6 Å². The highest BCUT2D eigenvalue weighted by molar-refractivity contribution is 5.97. The number of hydrogen-bond acceptors (Lipinski definition) is 6. The van der Waals surface area contributed by atoms with Crippen molar-refractivity contribution in [3.8, 4) is 0 Å². The Morgan fingerprint density at radius 1 is 1.19 bits per heavy atom. The monoisotopic (exact) mass is 366 g/mol. The van der Waals surface area contributed by atoms with Gasteiger partial charge in [-0.3, -0.25) is 10.0 Å². The Balaban J connectivity index is 3.02. The van der Waals surface area contributed by atoms with Gasteiger partial charge in [-0.25, -0.2) is 9.59 Å². The molecule has 0 aliphatic rings. The Kier molecular flexibility index (Phi) is 7.57. The number of carbonyl (C=O) groups excluding carboxylic acids is 3. The van der Waals surface area contributed by atoms with Crippen LogP contribution >= 0.6 is 0 Å². The Bertz CT molecular complexity index is 626. The average Bonchev–Trinajstić information content (AvgIpc) is 2.59. The molecule has 0 spiro atoms. The Labute approximate surface area is 153 Å². The van der Waals surface area contributed by atoms with Gasteiger partial charge in [-0.05, 0) is 39.3 Å². The molecule has 0 fully saturated rings. The van der Waals surface area contributed by atoms with E-state index in [1.807, 2.05) is 0 Å². The Hall–Kier alpha value is -2.61. The topological polar surface area (TPSA) is 105 Å². The summed E-state index contributed by atoms with van der Waals surface area (Å²) in [5.74, 6) is -1.32. The number of hydroxylamine groups is 2. The molecule has 26 heavy (non-hydrogen) atoms. The van der Waals surface area contributed by atoms with Crippen molar-refractivity contribution in [2.24, 2.45) is 0 Å². The molecular formula is C18H26N2O6. The fourth-order valence-corrected chi connectivity index (χ4v) is 2.25. The zero-order valence-electron chi connectivity index (χ0n) is 15.7. The van der Waals surface area contributed by atoms with E-state index in [1.54, 1.807) is 58.0 Å². The van der Waals surface area contributed by atoms with Crippen LogP contribution in [0.2, 0.25) is 0 Å². The van der Waals surface area contributed by atoms with Gasteiger partial charge in [-0.1, -0.05) is 25.1 Å². The number of carbonyl (C=O) groups is 3. The fraction of sp³-hybridized carbons (Fsp3) is 0.500. The number of ether oxygens (including phenoxy) is 2. The van der Waals surface area contributed by atoms with Crippen LogP contribution in [0.25, 0.3) is 0 Å². The second-order valence-corrected chi connectivity index (χ2v) is 6.64. The molecule has 2 amide bonds. The number of nitrogens with one attached hydrogen (secondary N) is 1. The summed E-state index contributed by atoms with van der Waals surface area (Å²) in [5, 5.41) is 13.1. The van der Waals surface area contributed by atoms with Crippen molar-refractivity contribution in [1.82, 2.24) is 10.4 Å². The first-order valence-electron chi connectivity index (χ1n) is 8.25. The highest BCUT2D eigenvalue weighted by atomic mass is 16.6. The van der Waals surface area contributed by atoms with Crippen molar-refractivity contribution in [2.45, 2.75) is 51.8 Å². The minimum atomic E-state index is -1.27. The van der Waals surface area contributed by atoms with Gasteiger partial charge < -0.3 is 14.8 Å². The van der Waals surface area contributed by atoms with Crippen LogP contribution in [-0.2, 0) is 14.3 Å². The number of nitrogens with zero attached hydrogens (tertiary/aromatic N) is 1. The fourth-order valence-electron chi connectivity index (χ4n) is 2.25. The van der Waals surface area contributed by atoms with E-state index in [-0.39, 0.29) is 6.42 Å². The number of benzene rings is 1. The second kappa shape index (κ2) is 9.19. The highest BCUT2D eigenvalue weighted by Gasteiger charge is 2.37. The molecule has 144 valence electrons. The minimum Gasteiger partial charge on any atom is -0.467 e. The van der Waals surface area contributed by atoms with Gasteiger partial charge >= 0.3 is 12.1 Å². The van der Waals surface area contributed by atoms with Crippen LogP contribution in [0.5, 0.6) is 0 Å². The molecule has 0 saturated heterocycles. The third-order valence-electron chi connectivity index (χ3n) is 3.48. The van der Waals surface area contributed by atoms with E-state index >= 15 is 0 Å². The van der Waals surface area contributed by atoms with Crippen molar-refractivity contribution in [3.63, 3.8) is 0 Å². The summed E-state index contributed by atoms with van der Waals surface area (Å²) < 4.78 is 9.83. The number of amides is 2. The lowest BCUT2D eigenvalue weighted by atomic mass is 10.0. The second-order valence-electron chi connectivity index (χ2n) is 6.64. The number of methoxy groups -OCH3 is 1. The molecule has 0 aliphatic heterocycles. The number of hydrogen-bond donors (Lipinski definition) is 2. The first kappa shape index (κ1) is 21.4. The van der Waals surface area contributed by atoms with Gasteiger partial charge in [0.15, 0.2) is 6.04 Å². The molecule has 0 aromatic heterocycles. The summed E-state index contributed by atoms with van der Waals surface area (Å²) in [4.78, 5) is 36.7. The van der Waals surface area contributed by atoms with Crippen LogP contribution in [0.4, 0.5) is 4.79 Å². The highest BCUT2D eigenvalue weighted by Crippen LogP contribution is 2.15. The molecule has 8 heteroatoms. The lowest BCUT2D eigenvalue weighted by molar-refractivity contribution is -0.156. The van der Waals surface area contributed by atoms with E-state index in [9.17, 15) is 19.6 Å². The van der Waals surface area contributed by atoms with E-state index in [2.05, 4.69) is 5.32 Å². The maximum atomic E-state index is 12.4. The molecule has 0 bridgehead atoms. The van der Waals surface area contributed by atoms with E-state index in [4.69, 9.17) is 9.47 Å². The predicted octanol–water partition coefficient (Wildman–Crippen LogP) is 2.36. The van der Waals surface area contributed by atoms with Crippen molar-refractivity contribution in [1.29, 1.82) is 0 Å². The average molecular weight is 366 g/mol. The van der Waals surface area contributed by atoms with Crippen molar-refractivity contribution < 1.29 is 29.1 Å². The normalized spacial score (nSPS) is 13.3. The minimum absolute atomic E-state index is 0.171. The first-order valence-corrected chi connectivity index (χ1v) is 8.25. The maximum Gasteiger partial charge on any atom is 0.434 e. The van der Waals surface area contributed by atoms with E-state index in [0.717, 1.165) is 7.11 Å². The van der Waals surface area contributed by atoms with Gasteiger partial charge in [0.25, 0.3) is 5.91 Å². The zero-order valence-corrected chi connectivity index (χ0v) is 15.7. The molecule has 0 saturated carbocycles. The third-order valence-corrected chi connectivity index (χ3v) is 3.48. The van der Waals surface area contributed by atoms with Gasteiger partial charge in [-0.15, -0.1) is 0 Å². The predicted molar refractivity (Wildman–Crippen MR) is 93.7 cm³/mol. The largest absolute Gasteiger partial charge is 0.467 e. The van der Waals surface area contributed by atoms with E-state index < -0.39 is 35.7 Å². The van der Waals surface area contributed by atoms with Crippen LogP contribution < -0.4 is 5.32 Å². The molecule has 0 heterocycles. The summed E-state index contributed by atoms with van der Waals surface area (Å²) in [7, 11) is 1.16. The molecule has 0 aliphatic carbocycles. The molecule has 1 aromatic rings. The Morgan fingerprint density at radius 3 is 2.23 bits per heavy atom. The van der Waals surface area contributed by atoms with E-state index in [1.165, 1.54) is 0 Å². The third kappa shape index (κ3) is 6.03. The molecule has 8 nitrogen and oxygen atoms in total. The number of rotatable bonds is 6. The van der Waals surface area contributed by atoms with Crippen molar-refractivity contribution in [2.75, 3.05) is 7.11 Å². The number of esters is 1. The summed E-state index contributed by atoms with van der Waals surface area (Å²) in [6.07, 6.45) is -0.850. The standard InChI is InChI=1S/C18H26N2O6/c1-6-13(20(24)17(23)26-18(2,3)4)14(16(22)25-5)19-15(21)12-10-8-7-9-11-12/h7-11,13-14,24H,6H2,1-5H3,(H,19,21)/t13-,14-/m0/s1. The van der Waals surface area contributed by atoms with Crippen LogP contribution in [0.3, 0.4) is 0 Å².